The highest BCUT2D eigenvalue weighted by atomic mass is 16.4. The van der Waals surface area contributed by atoms with Crippen LogP contribution in [0.4, 0.5) is 0 Å². The number of imidazole rings is 1. The molecular weight excluding hydrogens is 204 g/mol. The Balaban J connectivity index is 2.40. The smallest absolute Gasteiger partial charge is 0.311 e. The molecule has 4 nitrogen and oxygen atoms in total. The molecule has 0 saturated heterocycles. The number of rotatable bonds is 3. The number of aryl methyl sites for hydroxylation is 1. The Morgan fingerprint density at radius 1 is 1.50 bits per heavy atom. The van der Waals surface area contributed by atoms with E-state index in [9.17, 15) is 4.79 Å². The number of aliphatic carboxylic acids is 1. The van der Waals surface area contributed by atoms with Gasteiger partial charge in [-0.25, -0.2) is 4.98 Å². The summed E-state index contributed by atoms with van der Waals surface area (Å²) in [5, 5.41) is 8.76. The second kappa shape index (κ2) is 4.18. The quantitative estimate of drug-likeness (QED) is 0.851. The third-order valence-electron chi connectivity index (χ3n) is 2.31. The molecule has 4 heteroatoms. The highest BCUT2D eigenvalue weighted by Gasteiger charge is 2.08. The number of hydrogen-bond donors (Lipinski definition) is 1. The molecular formula is C12H12N2O2. The Kier molecular flexibility index (Phi) is 2.72. The molecule has 0 aliphatic carbocycles. The molecule has 0 aliphatic rings. The van der Waals surface area contributed by atoms with Gasteiger partial charge in [-0.2, -0.15) is 0 Å². The summed E-state index contributed by atoms with van der Waals surface area (Å²) in [5.74, 6) is -0.335. The van der Waals surface area contributed by atoms with Crippen molar-refractivity contribution in [2.24, 2.45) is 0 Å². The van der Waals surface area contributed by atoms with Crippen LogP contribution in [0, 0.1) is 6.92 Å². The summed E-state index contributed by atoms with van der Waals surface area (Å²) in [4.78, 5) is 14.7. The van der Waals surface area contributed by atoms with Crippen LogP contribution >= 0.6 is 0 Å². The summed E-state index contributed by atoms with van der Waals surface area (Å²) < 4.78 is 1.79. The zero-order valence-corrected chi connectivity index (χ0v) is 8.92. The summed E-state index contributed by atoms with van der Waals surface area (Å²) in [6.07, 6.45) is 3.31. The van der Waals surface area contributed by atoms with Crippen molar-refractivity contribution >= 4 is 5.97 Å². The van der Waals surface area contributed by atoms with E-state index in [1.165, 1.54) is 0 Å². The van der Waals surface area contributed by atoms with Crippen molar-refractivity contribution in [3.8, 4) is 5.69 Å². The molecule has 0 atom stereocenters. The van der Waals surface area contributed by atoms with E-state index in [0.717, 1.165) is 11.3 Å². The van der Waals surface area contributed by atoms with Crippen LogP contribution in [0.2, 0.25) is 0 Å². The van der Waals surface area contributed by atoms with Crippen LogP contribution in [-0.2, 0) is 11.2 Å². The zero-order chi connectivity index (χ0) is 11.5. The van der Waals surface area contributed by atoms with Gasteiger partial charge in [-0.05, 0) is 24.6 Å². The van der Waals surface area contributed by atoms with Crippen molar-refractivity contribution in [2.75, 3.05) is 0 Å². The van der Waals surface area contributed by atoms with Gasteiger partial charge in [-0.3, -0.25) is 4.79 Å². The largest absolute Gasteiger partial charge is 0.481 e. The van der Waals surface area contributed by atoms with Gasteiger partial charge in [0.05, 0.1) is 0 Å². The Hall–Kier alpha value is -2.10. The van der Waals surface area contributed by atoms with E-state index in [4.69, 9.17) is 5.11 Å². The highest BCUT2D eigenvalue weighted by Crippen LogP contribution is 2.12. The molecule has 2 aromatic rings. The molecule has 0 aliphatic heterocycles. The van der Waals surface area contributed by atoms with E-state index >= 15 is 0 Å². The third-order valence-corrected chi connectivity index (χ3v) is 2.31. The number of nitrogens with zero attached hydrogens (tertiary/aromatic N) is 2. The van der Waals surface area contributed by atoms with Crippen molar-refractivity contribution in [2.45, 2.75) is 13.3 Å². The number of carboxylic acid groups (broad SMARTS) is 1. The van der Waals surface area contributed by atoms with E-state index in [1.807, 2.05) is 31.2 Å². The molecule has 1 aromatic carbocycles. The standard InChI is InChI=1S/C12H12N2O2/c1-9-3-2-4-10(7-9)14-6-5-13-11(14)8-12(15)16/h2-7H,8H2,1H3,(H,15,16). The summed E-state index contributed by atoms with van der Waals surface area (Å²) in [5.41, 5.74) is 2.07. The number of benzene rings is 1. The van der Waals surface area contributed by atoms with Crippen LogP contribution in [0.25, 0.3) is 5.69 Å². The first-order chi connectivity index (χ1) is 7.66. The van der Waals surface area contributed by atoms with Crippen molar-refractivity contribution in [3.05, 3.63) is 48.0 Å². The summed E-state index contributed by atoms with van der Waals surface area (Å²) >= 11 is 0. The number of carboxylic acids is 1. The van der Waals surface area contributed by atoms with Crippen LogP contribution in [0.3, 0.4) is 0 Å². The number of hydrogen-bond acceptors (Lipinski definition) is 2. The maximum Gasteiger partial charge on any atom is 0.311 e. The maximum absolute atomic E-state index is 10.7. The van der Waals surface area contributed by atoms with Gasteiger partial charge in [-0.15, -0.1) is 0 Å². The molecule has 1 heterocycles. The van der Waals surface area contributed by atoms with E-state index in [2.05, 4.69) is 4.98 Å². The normalized spacial score (nSPS) is 10.3. The number of carbonyl (C=O) groups is 1. The van der Waals surface area contributed by atoms with Gasteiger partial charge >= 0.3 is 5.97 Å². The second-order valence-electron chi connectivity index (χ2n) is 3.62. The second-order valence-corrected chi connectivity index (χ2v) is 3.62. The van der Waals surface area contributed by atoms with Crippen molar-refractivity contribution in [1.82, 2.24) is 9.55 Å². The van der Waals surface area contributed by atoms with Gasteiger partial charge in [0.1, 0.15) is 12.2 Å². The Bertz CT molecular complexity index is 517. The van der Waals surface area contributed by atoms with Crippen molar-refractivity contribution < 1.29 is 9.90 Å². The lowest BCUT2D eigenvalue weighted by Gasteiger charge is -2.06. The van der Waals surface area contributed by atoms with E-state index in [-0.39, 0.29) is 6.42 Å². The molecule has 1 aromatic heterocycles. The van der Waals surface area contributed by atoms with Crippen LogP contribution in [-0.4, -0.2) is 20.6 Å². The van der Waals surface area contributed by atoms with Crippen LogP contribution in [0.1, 0.15) is 11.4 Å². The molecule has 0 saturated carbocycles. The molecule has 0 fully saturated rings. The van der Waals surface area contributed by atoms with E-state index in [0.29, 0.717) is 5.82 Å². The average molecular weight is 216 g/mol. The van der Waals surface area contributed by atoms with Gasteiger partial charge in [-0.1, -0.05) is 12.1 Å². The first-order valence-electron chi connectivity index (χ1n) is 4.98. The third kappa shape index (κ3) is 2.11. The summed E-state index contributed by atoms with van der Waals surface area (Å²) in [6, 6.07) is 7.86. The SMILES string of the molecule is Cc1cccc(-n2ccnc2CC(=O)O)c1. The van der Waals surface area contributed by atoms with Crippen molar-refractivity contribution in [1.29, 1.82) is 0 Å². The van der Waals surface area contributed by atoms with Gasteiger partial charge in [0.15, 0.2) is 0 Å². The van der Waals surface area contributed by atoms with Gasteiger partial charge in [0, 0.05) is 18.1 Å². The minimum atomic E-state index is -0.875. The summed E-state index contributed by atoms with van der Waals surface area (Å²) in [6.45, 7) is 2.00. The molecule has 0 unspecified atom stereocenters. The van der Waals surface area contributed by atoms with E-state index < -0.39 is 5.97 Å². The molecule has 0 radical (unpaired) electrons. The van der Waals surface area contributed by atoms with E-state index in [1.54, 1.807) is 17.0 Å². The highest BCUT2D eigenvalue weighted by molar-refractivity contribution is 5.69. The molecule has 0 amide bonds. The topological polar surface area (TPSA) is 55.1 Å². The lowest BCUT2D eigenvalue weighted by Crippen LogP contribution is -2.07. The molecule has 82 valence electrons. The minimum Gasteiger partial charge on any atom is -0.481 e. The average Bonchev–Trinajstić information content (AvgIpc) is 2.65. The maximum atomic E-state index is 10.7. The first-order valence-corrected chi connectivity index (χ1v) is 4.98. The van der Waals surface area contributed by atoms with Crippen LogP contribution in [0.5, 0.6) is 0 Å². The van der Waals surface area contributed by atoms with Gasteiger partial charge < -0.3 is 9.67 Å². The Morgan fingerprint density at radius 2 is 2.31 bits per heavy atom. The predicted octanol–water partition coefficient (Wildman–Crippen LogP) is 1.81. The molecule has 2 rings (SSSR count). The fourth-order valence-electron chi connectivity index (χ4n) is 1.61. The van der Waals surface area contributed by atoms with Gasteiger partial charge in [0.2, 0.25) is 0 Å². The van der Waals surface area contributed by atoms with Crippen LogP contribution < -0.4 is 0 Å². The molecule has 0 spiro atoms. The molecule has 1 N–H and O–H groups in total. The Morgan fingerprint density at radius 3 is 3.00 bits per heavy atom. The minimum absolute atomic E-state index is 0.0685. The fourth-order valence-corrected chi connectivity index (χ4v) is 1.61. The Labute approximate surface area is 93.2 Å². The van der Waals surface area contributed by atoms with Crippen LogP contribution in [0.15, 0.2) is 36.7 Å². The lowest BCUT2D eigenvalue weighted by molar-refractivity contribution is -0.136. The molecule has 16 heavy (non-hydrogen) atoms. The summed E-state index contributed by atoms with van der Waals surface area (Å²) in [7, 11) is 0. The first kappa shape index (κ1) is 10.4. The molecule has 0 bridgehead atoms. The van der Waals surface area contributed by atoms with Crippen molar-refractivity contribution in [3.63, 3.8) is 0 Å². The van der Waals surface area contributed by atoms with Gasteiger partial charge in [0.25, 0.3) is 0 Å². The predicted molar refractivity (Wildman–Crippen MR) is 59.6 cm³/mol. The fraction of sp³-hybridized carbons (Fsp3) is 0.167. The number of aromatic nitrogens is 2. The monoisotopic (exact) mass is 216 g/mol. The lowest BCUT2D eigenvalue weighted by atomic mass is 10.2. The zero-order valence-electron chi connectivity index (χ0n) is 8.92.